The molecule has 1 aromatic rings. The maximum absolute atomic E-state index is 12.6. The largest absolute Gasteiger partial charge is 0.481 e. The van der Waals surface area contributed by atoms with Gasteiger partial charge in [-0.05, 0) is 6.07 Å². The third-order valence-corrected chi connectivity index (χ3v) is 2.49. The summed E-state index contributed by atoms with van der Waals surface area (Å²) in [6, 6.07) is 0.983. The van der Waals surface area contributed by atoms with E-state index < -0.39 is 24.4 Å². The number of carboxylic acid groups (broad SMARTS) is 1. The Labute approximate surface area is 100 Å². The summed E-state index contributed by atoms with van der Waals surface area (Å²) in [6.07, 6.45) is -3.23. The van der Waals surface area contributed by atoms with Crippen LogP contribution in [-0.4, -0.2) is 16.1 Å². The molecule has 0 saturated carbocycles. The van der Waals surface area contributed by atoms with Gasteiger partial charge in [-0.25, -0.2) is 8.78 Å². The SMILES string of the molecule is O=C(O)Cc1cc(C(F)F)c(Cl)c(CCl)n1. The standard InChI is InChI=1S/C9H7Cl2F2NO2/c10-3-6-8(11)5(9(12)13)1-4(14-6)2-7(15)16/h1,9H,2-3H2,(H,15,16). The fraction of sp³-hybridized carbons (Fsp3) is 0.333. The Morgan fingerprint density at radius 3 is 2.62 bits per heavy atom. The van der Waals surface area contributed by atoms with Crippen molar-refractivity contribution in [3.63, 3.8) is 0 Å². The van der Waals surface area contributed by atoms with E-state index in [9.17, 15) is 13.6 Å². The molecule has 0 bridgehead atoms. The number of hydrogen-bond acceptors (Lipinski definition) is 2. The first-order chi connectivity index (χ1) is 7.45. The van der Waals surface area contributed by atoms with E-state index in [0.717, 1.165) is 6.07 Å². The molecule has 1 aromatic heterocycles. The molecule has 0 aliphatic heterocycles. The number of carboxylic acids is 1. The van der Waals surface area contributed by atoms with Crippen molar-refractivity contribution < 1.29 is 18.7 Å². The summed E-state index contributed by atoms with van der Waals surface area (Å²) in [6.45, 7) is 0. The zero-order chi connectivity index (χ0) is 12.3. The van der Waals surface area contributed by atoms with Gasteiger partial charge < -0.3 is 5.11 Å². The van der Waals surface area contributed by atoms with Gasteiger partial charge in [0.1, 0.15) is 0 Å². The molecule has 0 spiro atoms. The van der Waals surface area contributed by atoms with Gasteiger partial charge in [0, 0.05) is 5.56 Å². The van der Waals surface area contributed by atoms with Crippen LogP contribution in [0.5, 0.6) is 0 Å². The second-order valence-electron chi connectivity index (χ2n) is 2.97. The minimum Gasteiger partial charge on any atom is -0.481 e. The van der Waals surface area contributed by atoms with Crippen LogP contribution in [0, 0.1) is 0 Å². The van der Waals surface area contributed by atoms with Crippen molar-refractivity contribution in [2.24, 2.45) is 0 Å². The average molecular weight is 270 g/mol. The number of hydrogen-bond donors (Lipinski definition) is 1. The van der Waals surface area contributed by atoms with Gasteiger partial charge in [-0.3, -0.25) is 9.78 Å². The number of halogens is 4. The van der Waals surface area contributed by atoms with Crippen LogP contribution in [0.25, 0.3) is 0 Å². The smallest absolute Gasteiger partial charge is 0.309 e. The Hall–Kier alpha value is -0.940. The predicted molar refractivity (Wildman–Crippen MR) is 55.1 cm³/mol. The van der Waals surface area contributed by atoms with E-state index in [2.05, 4.69) is 4.98 Å². The van der Waals surface area contributed by atoms with Crippen molar-refractivity contribution in [3.05, 3.63) is 28.0 Å². The van der Waals surface area contributed by atoms with Gasteiger partial charge in [-0.1, -0.05) is 11.6 Å². The minimum atomic E-state index is -2.79. The molecule has 1 heterocycles. The van der Waals surface area contributed by atoms with Crippen LogP contribution in [0.15, 0.2) is 6.07 Å². The van der Waals surface area contributed by atoms with Crippen LogP contribution in [-0.2, 0) is 17.1 Å². The third-order valence-electron chi connectivity index (χ3n) is 1.80. The molecule has 0 amide bonds. The zero-order valence-corrected chi connectivity index (χ0v) is 9.40. The van der Waals surface area contributed by atoms with E-state index in [1.165, 1.54) is 0 Å². The van der Waals surface area contributed by atoms with Gasteiger partial charge in [0.25, 0.3) is 6.43 Å². The van der Waals surface area contributed by atoms with E-state index in [-0.39, 0.29) is 22.3 Å². The molecular formula is C9H7Cl2F2NO2. The lowest BCUT2D eigenvalue weighted by Gasteiger charge is -2.09. The molecule has 0 fully saturated rings. The van der Waals surface area contributed by atoms with Gasteiger partial charge in [0.15, 0.2) is 0 Å². The molecule has 88 valence electrons. The normalized spacial score (nSPS) is 10.8. The predicted octanol–water partition coefficient (Wildman–Crippen LogP) is 3.04. The highest BCUT2D eigenvalue weighted by Crippen LogP contribution is 2.30. The van der Waals surface area contributed by atoms with Crippen LogP contribution >= 0.6 is 23.2 Å². The Balaban J connectivity index is 3.22. The second-order valence-corrected chi connectivity index (χ2v) is 3.61. The van der Waals surface area contributed by atoms with Crippen LogP contribution < -0.4 is 0 Å². The van der Waals surface area contributed by atoms with Gasteiger partial charge in [0.2, 0.25) is 0 Å². The van der Waals surface area contributed by atoms with Crippen molar-refractivity contribution in [2.75, 3.05) is 0 Å². The lowest BCUT2D eigenvalue weighted by Crippen LogP contribution is -2.06. The van der Waals surface area contributed by atoms with Gasteiger partial charge in [-0.2, -0.15) is 0 Å². The maximum Gasteiger partial charge on any atom is 0.309 e. The fourth-order valence-corrected chi connectivity index (χ4v) is 1.66. The van der Waals surface area contributed by atoms with Crippen molar-refractivity contribution in [1.82, 2.24) is 4.98 Å². The number of pyridine rings is 1. The average Bonchev–Trinajstić information content (AvgIpc) is 2.19. The molecule has 0 aliphatic rings. The molecular weight excluding hydrogens is 263 g/mol. The number of aliphatic carboxylic acids is 1. The fourth-order valence-electron chi connectivity index (χ4n) is 1.16. The van der Waals surface area contributed by atoms with E-state index in [1.807, 2.05) is 0 Å². The summed E-state index contributed by atoms with van der Waals surface area (Å²) < 4.78 is 25.1. The second kappa shape index (κ2) is 5.41. The molecule has 16 heavy (non-hydrogen) atoms. The molecule has 0 aromatic carbocycles. The summed E-state index contributed by atoms with van der Waals surface area (Å²) in [5.41, 5.74) is -0.358. The lowest BCUT2D eigenvalue weighted by atomic mass is 10.1. The minimum absolute atomic E-state index is 0.0165. The van der Waals surface area contributed by atoms with Crippen molar-refractivity contribution in [2.45, 2.75) is 18.7 Å². The molecule has 0 radical (unpaired) electrons. The first-order valence-electron chi connectivity index (χ1n) is 4.19. The molecule has 7 heteroatoms. The Bertz CT molecular complexity index is 413. The Kier molecular flexibility index (Phi) is 4.44. The van der Waals surface area contributed by atoms with Crippen LogP contribution in [0.2, 0.25) is 5.02 Å². The van der Waals surface area contributed by atoms with Crippen LogP contribution in [0.3, 0.4) is 0 Å². The van der Waals surface area contributed by atoms with Crippen molar-refractivity contribution in [3.8, 4) is 0 Å². The van der Waals surface area contributed by atoms with E-state index in [1.54, 1.807) is 0 Å². The molecule has 0 saturated heterocycles. The summed E-state index contributed by atoms with van der Waals surface area (Å²) in [5.74, 6) is -1.30. The quantitative estimate of drug-likeness (QED) is 0.855. The topological polar surface area (TPSA) is 50.2 Å². The van der Waals surface area contributed by atoms with Crippen molar-refractivity contribution in [1.29, 1.82) is 0 Å². The first kappa shape index (κ1) is 13.1. The van der Waals surface area contributed by atoms with Crippen LogP contribution in [0.4, 0.5) is 8.78 Å². The van der Waals surface area contributed by atoms with E-state index >= 15 is 0 Å². The van der Waals surface area contributed by atoms with E-state index in [4.69, 9.17) is 28.3 Å². The van der Waals surface area contributed by atoms with Gasteiger partial charge in [-0.15, -0.1) is 11.6 Å². The van der Waals surface area contributed by atoms with Gasteiger partial charge >= 0.3 is 5.97 Å². The first-order valence-corrected chi connectivity index (χ1v) is 5.11. The number of carbonyl (C=O) groups is 1. The zero-order valence-electron chi connectivity index (χ0n) is 7.88. The number of rotatable bonds is 4. The maximum atomic E-state index is 12.6. The van der Waals surface area contributed by atoms with Crippen molar-refractivity contribution >= 4 is 29.2 Å². The number of alkyl halides is 3. The highest BCUT2D eigenvalue weighted by Gasteiger charge is 2.18. The van der Waals surface area contributed by atoms with Gasteiger partial charge in [0.05, 0.1) is 28.7 Å². The molecule has 1 rings (SSSR count). The highest BCUT2D eigenvalue weighted by atomic mass is 35.5. The summed E-state index contributed by atoms with van der Waals surface area (Å²) in [7, 11) is 0. The summed E-state index contributed by atoms with van der Waals surface area (Å²) in [5, 5.41) is 8.33. The molecule has 1 N–H and O–H groups in total. The number of aromatic nitrogens is 1. The highest BCUT2D eigenvalue weighted by molar-refractivity contribution is 6.32. The molecule has 0 atom stereocenters. The molecule has 0 unspecified atom stereocenters. The number of nitrogens with zero attached hydrogens (tertiary/aromatic N) is 1. The summed E-state index contributed by atoms with van der Waals surface area (Å²) in [4.78, 5) is 14.2. The third kappa shape index (κ3) is 3.02. The molecule has 0 aliphatic carbocycles. The van der Waals surface area contributed by atoms with Crippen LogP contribution in [0.1, 0.15) is 23.4 Å². The summed E-state index contributed by atoms with van der Waals surface area (Å²) >= 11 is 11.1. The molecule has 3 nitrogen and oxygen atoms in total. The monoisotopic (exact) mass is 269 g/mol. The van der Waals surface area contributed by atoms with E-state index in [0.29, 0.717) is 0 Å². The lowest BCUT2D eigenvalue weighted by molar-refractivity contribution is -0.136. The Morgan fingerprint density at radius 1 is 1.56 bits per heavy atom. The Morgan fingerprint density at radius 2 is 2.19 bits per heavy atom.